The maximum absolute atomic E-state index is 14.0. The summed E-state index contributed by atoms with van der Waals surface area (Å²) in [5.41, 5.74) is 44.8. The first kappa shape index (κ1) is 92.7. The normalized spacial score (nSPS) is 17.2. The molecular formula is C103H121N17O7. The highest BCUT2D eigenvalue weighted by molar-refractivity contribution is 6.00. The van der Waals surface area contributed by atoms with Gasteiger partial charge in [-0.2, -0.15) is 0 Å². The minimum Gasteiger partial charge on any atom is -0.508 e. The Kier molecular flexibility index (Phi) is 34.7. The van der Waals surface area contributed by atoms with Crippen LogP contribution in [0.5, 0.6) is 5.75 Å². The van der Waals surface area contributed by atoms with Crippen LogP contribution in [0.2, 0.25) is 0 Å². The first-order valence-corrected chi connectivity index (χ1v) is 44.1. The fourth-order valence-electron chi connectivity index (χ4n) is 16.8. The van der Waals surface area contributed by atoms with Crippen LogP contribution in [-0.4, -0.2) is 182 Å². The van der Waals surface area contributed by atoms with E-state index in [9.17, 15) is 33.9 Å². The summed E-state index contributed by atoms with van der Waals surface area (Å²) in [5, 5.41) is 33.2. The number of phenolic OH excluding ortho intramolecular Hbond substituents is 1. The van der Waals surface area contributed by atoms with Gasteiger partial charge in [0.15, 0.2) is 11.9 Å². The van der Waals surface area contributed by atoms with Gasteiger partial charge in [-0.1, -0.05) is 236 Å². The number of nitrogen functional groups attached to an aromatic ring is 1. The number of anilines is 1. The number of phenols is 1. The summed E-state index contributed by atoms with van der Waals surface area (Å²) in [6.45, 7) is 8.14. The SMILES string of the molecule is Cc1ccc(/C=C/C(=O)NC[C@@H]2CCN(CC(c3ccccc3)c3ccccc3)C(=O)[C@H](CCCN)N2)cc1.NC(N)=NCCC[C@@H]1N[C@H](CNC(=O)c2ccc3cc(N)ccc3c2)CCN(CC(c2ccccc2)c2ccccc2)C1=O.NC(N)=NCCC[C@@H]1N[C@H](CNC(=O)c2ccc3cc(O)ccc3c2)CCN(CC(c2ccccc2)c2ccccc2)C1=O. The van der Waals surface area contributed by atoms with Gasteiger partial charge < -0.3 is 86.1 Å². The number of nitrogens with one attached hydrogen (secondary N) is 6. The van der Waals surface area contributed by atoms with Crippen molar-refractivity contribution in [2.75, 3.05) is 84.3 Å². The molecule has 11 aromatic carbocycles. The van der Waals surface area contributed by atoms with Crippen molar-refractivity contribution in [2.24, 2.45) is 38.7 Å². The van der Waals surface area contributed by atoms with Gasteiger partial charge in [-0.05, 0) is 186 Å². The molecule has 24 nitrogen and oxygen atoms in total. The summed E-state index contributed by atoms with van der Waals surface area (Å²) < 4.78 is 0. The lowest BCUT2D eigenvalue weighted by molar-refractivity contribution is -0.133. The van der Waals surface area contributed by atoms with Crippen LogP contribution in [-0.2, 0) is 19.2 Å². The quantitative estimate of drug-likeness (QED) is 0.00597. The van der Waals surface area contributed by atoms with Crippen LogP contribution < -0.4 is 66.3 Å². The van der Waals surface area contributed by atoms with E-state index < -0.39 is 12.1 Å². The zero-order valence-corrected chi connectivity index (χ0v) is 72.4. The van der Waals surface area contributed by atoms with Gasteiger partial charge in [0.1, 0.15) is 5.75 Å². The van der Waals surface area contributed by atoms with Crippen LogP contribution >= 0.6 is 0 Å². The number of carbonyl (C=O) groups excluding carboxylic acids is 6. The number of nitrogens with zero attached hydrogens (tertiary/aromatic N) is 5. The van der Waals surface area contributed by atoms with Gasteiger partial charge in [0.2, 0.25) is 23.6 Å². The van der Waals surface area contributed by atoms with E-state index in [1.807, 2.05) is 210 Å². The third-order valence-electron chi connectivity index (χ3n) is 23.6. The van der Waals surface area contributed by atoms with Crippen molar-refractivity contribution >= 4 is 80.7 Å². The van der Waals surface area contributed by atoms with E-state index in [0.717, 1.165) is 62.2 Å². The third-order valence-corrected chi connectivity index (χ3v) is 23.6. The number of aliphatic imine (C=N–C) groups is 2. The number of aromatic hydroxyl groups is 1. The largest absolute Gasteiger partial charge is 0.508 e. The molecule has 3 heterocycles. The summed E-state index contributed by atoms with van der Waals surface area (Å²) in [7, 11) is 0. The Balaban J connectivity index is 0.000000173. The smallest absolute Gasteiger partial charge is 0.251 e. The van der Waals surface area contributed by atoms with E-state index in [-0.39, 0.29) is 95.0 Å². The molecule has 3 saturated heterocycles. The lowest BCUT2D eigenvalue weighted by Gasteiger charge is -2.29. The zero-order valence-electron chi connectivity index (χ0n) is 72.4. The molecule has 6 atom stereocenters. The Morgan fingerprint density at radius 3 is 1.12 bits per heavy atom. The van der Waals surface area contributed by atoms with Crippen molar-refractivity contribution in [2.45, 2.75) is 119 Å². The van der Waals surface area contributed by atoms with Crippen molar-refractivity contribution in [1.29, 1.82) is 0 Å². The number of fused-ring (bicyclic) bond motifs is 2. The molecule has 3 aliphatic rings. The van der Waals surface area contributed by atoms with Gasteiger partial charge in [0.05, 0.1) is 18.1 Å². The predicted molar refractivity (Wildman–Crippen MR) is 510 cm³/mol. The second kappa shape index (κ2) is 47.5. The second-order valence-corrected chi connectivity index (χ2v) is 32.9. The Morgan fingerprint density at radius 2 is 0.756 bits per heavy atom. The molecule has 3 aliphatic heterocycles. The van der Waals surface area contributed by atoms with Gasteiger partial charge in [0, 0.05) is 131 Å². The van der Waals surface area contributed by atoms with Crippen LogP contribution in [0.4, 0.5) is 5.69 Å². The number of rotatable bonds is 33. The first-order chi connectivity index (χ1) is 61.8. The van der Waals surface area contributed by atoms with Gasteiger partial charge in [0.25, 0.3) is 11.8 Å². The molecule has 660 valence electrons. The minimum atomic E-state index is -0.436. The molecule has 6 amide bonds. The summed E-state index contributed by atoms with van der Waals surface area (Å²) in [4.78, 5) is 94.7. The molecule has 0 bridgehead atoms. The first-order valence-electron chi connectivity index (χ1n) is 44.1. The van der Waals surface area contributed by atoms with E-state index in [1.54, 1.807) is 30.3 Å². The molecular weight excluding hydrogens is 1590 g/mol. The summed E-state index contributed by atoms with van der Waals surface area (Å²) in [5.74, 6) is 0.0981. The monoisotopic (exact) mass is 1710 g/mol. The minimum absolute atomic E-state index is 0.00894. The standard InChI is InChI=1S/C35H41N7O2.C35H40N6O3.C33H40N4O2/c36-29-16-15-26-20-28(14-13-27(26)21-29)33(43)40-22-30-17-19-42(34(44)32(41-30)12-7-18-39-35(37)38)23-31(24-8-3-1-4-9-24)25-10-5-2-6-11-25;36-35(37)38-18-7-12-32-34(44)41(23-31(24-8-3-1-4-9-24)25-10-5-2-6-11-25)19-17-29(40-32)22-39-33(43)28-14-13-27-21-30(42)16-15-26(27)20-28;1-25-14-16-26(17-15-25)18-19-32(38)35-23-29-20-22-37(33(39)31(36-29)13-8-21-34)24-30(27-9-4-2-5-10-27)28-11-6-3-7-12-28/h1-6,8-11,13-16,20-21,30-32,41H,7,12,17-19,22-23,36H2,(H,40,43)(H4,37,38,39);1-6,8-11,13-16,20-21,29,31-32,40,42H,7,12,17-19,22-23H2,(H,39,43)(H4,36,37,38);2-7,9-12,14-19,29-31,36H,8,13,20-24,34H2,1H3,(H,35,38)/b;;19-18+/t30-,32-;29-,32-;29-,31-/m000/s1. The number of nitrogens with two attached hydrogens (primary N) is 6. The fraction of sp³-hybridized carbons (Fsp3) is 0.301. The van der Waals surface area contributed by atoms with Crippen LogP contribution in [0.15, 0.2) is 295 Å². The van der Waals surface area contributed by atoms with E-state index >= 15 is 0 Å². The molecule has 0 unspecified atom stereocenters. The van der Waals surface area contributed by atoms with E-state index in [1.165, 1.54) is 16.7 Å². The summed E-state index contributed by atoms with van der Waals surface area (Å²) in [6.07, 6.45) is 9.38. The molecule has 14 rings (SSSR count). The third kappa shape index (κ3) is 28.0. The van der Waals surface area contributed by atoms with Crippen molar-refractivity contribution in [3.05, 3.63) is 341 Å². The highest BCUT2D eigenvalue weighted by Crippen LogP contribution is 2.32. The van der Waals surface area contributed by atoms with Gasteiger partial charge in [-0.15, -0.1) is 0 Å². The van der Waals surface area contributed by atoms with E-state index in [0.29, 0.717) is 140 Å². The highest BCUT2D eigenvalue weighted by atomic mass is 16.3. The van der Waals surface area contributed by atoms with E-state index in [2.05, 4.69) is 115 Å². The average molecular weight is 1710 g/mol. The second-order valence-electron chi connectivity index (χ2n) is 32.9. The number of aryl methyl sites for hydroxylation is 1. The molecule has 19 N–H and O–H groups in total. The van der Waals surface area contributed by atoms with E-state index in [4.69, 9.17) is 34.4 Å². The Hall–Kier alpha value is -13.5. The fourth-order valence-corrected chi connectivity index (χ4v) is 16.8. The van der Waals surface area contributed by atoms with Crippen LogP contribution in [0.25, 0.3) is 27.6 Å². The molecule has 127 heavy (non-hydrogen) atoms. The number of carbonyl (C=O) groups is 6. The van der Waals surface area contributed by atoms with Crippen molar-refractivity contribution < 1.29 is 33.9 Å². The number of amides is 6. The maximum Gasteiger partial charge on any atom is 0.251 e. The molecule has 3 fully saturated rings. The Labute approximate surface area is 745 Å². The summed E-state index contributed by atoms with van der Waals surface area (Å²) in [6, 6.07) is 90.3. The van der Waals surface area contributed by atoms with Gasteiger partial charge >= 0.3 is 0 Å². The predicted octanol–water partition coefficient (Wildman–Crippen LogP) is 11.6. The number of hydrogen-bond acceptors (Lipinski definition) is 14. The van der Waals surface area contributed by atoms with Crippen molar-refractivity contribution in [3.8, 4) is 5.75 Å². The molecule has 0 spiro atoms. The molecule has 0 saturated carbocycles. The lowest BCUT2D eigenvalue weighted by Crippen LogP contribution is -2.49. The maximum atomic E-state index is 14.0. The number of hydrogen-bond donors (Lipinski definition) is 13. The Morgan fingerprint density at radius 1 is 0.425 bits per heavy atom. The van der Waals surface area contributed by atoms with Crippen LogP contribution in [0, 0.1) is 6.92 Å². The van der Waals surface area contributed by atoms with Crippen LogP contribution in [0.1, 0.15) is 141 Å². The molecule has 11 aromatic rings. The molecule has 0 radical (unpaired) electrons. The van der Waals surface area contributed by atoms with Gasteiger partial charge in [-0.3, -0.25) is 38.8 Å². The Bertz CT molecular complexity index is 5100. The van der Waals surface area contributed by atoms with Gasteiger partial charge in [-0.25, -0.2) is 0 Å². The summed E-state index contributed by atoms with van der Waals surface area (Å²) >= 11 is 0. The zero-order chi connectivity index (χ0) is 89.2. The van der Waals surface area contributed by atoms with Crippen molar-refractivity contribution in [1.82, 2.24) is 46.6 Å². The van der Waals surface area contributed by atoms with Crippen molar-refractivity contribution in [3.63, 3.8) is 0 Å². The average Bonchev–Trinajstić information content (AvgIpc) is 1.81. The van der Waals surface area contributed by atoms with Crippen LogP contribution in [0.3, 0.4) is 0 Å². The number of benzene rings is 11. The molecule has 24 heteroatoms. The highest BCUT2D eigenvalue weighted by Gasteiger charge is 2.37. The molecule has 0 aromatic heterocycles. The lowest BCUT2D eigenvalue weighted by atomic mass is 9.90. The molecule has 0 aliphatic carbocycles. The number of guanidine groups is 2. The topological polar surface area (TPSA) is 385 Å².